The Morgan fingerprint density at radius 3 is 2.88 bits per heavy atom. The fourth-order valence-corrected chi connectivity index (χ4v) is 5.51. The van der Waals surface area contributed by atoms with E-state index in [1.807, 2.05) is 0 Å². The van der Waals surface area contributed by atoms with E-state index < -0.39 is 0 Å². The number of aromatic nitrogens is 2. The highest BCUT2D eigenvalue weighted by molar-refractivity contribution is 8.00. The molecule has 0 bridgehead atoms. The molecule has 0 N–H and O–H groups in total. The Morgan fingerprint density at radius 1 is 1.25 bits per heavy atom. The van der Waals surface area contributed by atoms with Gasteiger partial charge in [0.05, 0.1) is 6.07 Å². The van der Waals surface area contributed by atoms with Crippen molar-refractivity contribution in [2.45, 2.75) is 42.9 Å². The SMILES string of the molecule is Cc1ccc(C[C@@H](C#N)Sc2ncnc3sc4c(c23)CCC4)cc1. The van der Waals surface area contributed by atoms with Crippen molar-refractivity contribution in [1.29, 1.82) is 5.26 Å². The zero-order chi connectivity index (χ0) is 16.5. The average molecular weight is 352 g/mol. The van der Waals surface area contributed by atoms with Gasteiger partial charge in [-0.1, -0.05) is 41.6 Å². The first-order valence-electron chi connectivity index (χ1n) is 8.11. The molecule has 0 saturated carbocycles. The monoisotopic (exact) mass is 351 g/mol. The van der Waals surface area contributed by atoms with E-state index in [4.69, 9.17) is 0 Å². The molecule has 120 valence electrons. The second kappa shape index (κ2) is 6.54. The molecule has 0 unspecified atom stereocenters. The third-order valence-corrected chi connectivity index (χ3v) is 6.70. The van der Waals surface area contributed by atoms with Crippen LogP contribution < -0.4 is 0 Å². The van der Waals surface area contributed by atoms with E-state index in [0.717, 1.165) is 29.1 Å². The number of aryl methyl sites for hydroxylation is 3. The summed E-state index contributed by atoms with van der Waals surface area (Å²) in [6.07, 6.45) is 5.87. The Labute approximate surface area is 149 Å². The van der Waals surface area contributed by atoms with Crippen LogP contribution in [0.15, 0.2) is 35.6 Å². The summed E-state index contributed by atoms with van der Waals surface area (Å²) in [6.45, 7) is 2.08. The Kier molecular flexibility index (Phi) is 4.26. The molecule has 0 saturated heterocycles. The predicted molar refractivity (Wildman–Crippen MR) is 99.6 cm³/mol. The number of fused-ring (bicyclic) bond motifs is 3. The lowest BCUT2D eigenvalue weighted by Gasteiger charge is -2.10. The molecule has 24 heavy (non-hydrogen) atoms. The van der Waals surface area contributed by atoms with Gasteiger partial charge in [0.15, 0.2) is 0 Å². The third kappa shape index (κ3) is 2.92. The number of nitriles is 1. The maximum Gasteiger partial charge on any atom is 0.128 e. The number of rotatable bonds is 4. The Hall–Kier alpha value is -1.90. The molecule has 1 aliphatic carbocycles. The van der Waals surface area contributed by atoms with Crippen molar-refractivity contribution in [3.05, 3.63) is 52.2 Å². The van der Waals surface area contributed by atoms with Crippen molar-refractivity contribution in [2.24, 2.45) is 0 Å². The van der Waals surface area contributed by atoms with E-state index in [9.17, 15) is 5.26 Å². The highest BCUT2D eigenvalue weighted by Crippen LogP contribution is 2.41. The average Bonchev–Trinajstić information content (AvgIpc) is 3.17. The number of nitrogens with zero attached hydrogens (tertiary/aromatic N) is 3. The number of thiophene rings is 1. The summed E-state index contributed by atoms with van der Waals surface area (Å²) in [6, 6.07) is 10.9. The molecule has 3 nitrogen and oxygen atoms in total. The second-order valence-corrected chi connectivity index (χ2v) is 8.42. The Morgan fingerprint density at radius 2 is 2.08 bits per heavy atom. The van der Waals surface area contributed by atoms with E-state index in [0.29, 0.717) is 0 Å². The molecule has 0 radical (unpaired) electrons. The largest absolute Gasteiger partial charge is 0.229 e. The molecule has 2 aromatic heterocycles. The van der Waals surface area contributed by atoms with Gasteiger partial charge in [-0.15, -0.1) is 11.3 Å². The lowest BCUT2D eigenvalue weighted by Crippen LogP contribution is -2.05. The van der Waals surface area contributed by atoms with Gasteiger partial charge >= 0.3 is 0 Å². The van der Waals surface area contributed by atoms with Crippen molar-refractivity contribution >= 4 is 33.3 Å². The minimum atomic E-state index is -0.136. The molecule has 4 rings (SSSR count). The summed E-state index contributed by atoms with van der Waals surface area (Å²) in [5, 5.41) is 11.6. The summed E-state index contributed by atoms with van der Waals surface area (Å²) < 4.78 is 0. The highest BCUT2D eigenvalue weighted by atomic mass is 32.2. The van der Waals surface area contributed by atoms with Crippen LogP contribution in [0, 0.1) is 18.3 Å². The summed E-state index contributed by atoms with van der Waals surface area (Å²) in [7, 11) is 0. The first-order chi connectivity index (χ1) is 11.7. The van der Waals surface area contributed by atoms with Crippen molar-refractivity contribution < 1.29 is 0 Å². The van der Waals surface area contributed by atoms with Crippen LogP contribution in [-0.4, -0.2) is 15.2 Å². The van der Waals surface area contributed by atoms with Crippen LogP contribution in [0.3, 0.4) is 0 Å². The molecule has 0 spiro atoms. The predicted octanol–water partition coefficient (Wildman–Crippen LogP) is 4.72. The number of hydrogen-bond donors (Lipinski definition) is 0. The van der Waals surface area contributed by atoms with E-state index in [-0.39, 0.29) is 5.25 Å². The van der Waals surface area contributed by atoms with Gasteiger partial charge in [-0.05, 0) is 43.7 Å². The van der Waals surface area contributed by atoms with Crippen molar-refractivity contribution in [2.75, 3.05) is 0 Å². The minimum Gasteiger partial charge on any atom is -0.229 e. The first-order valence-corrected chi connectivity index (χ1v) is 9.81. The molecule has 1 aliphatic rings. The lowest BCUT2D eigenvalue weighted by atomic mass is 10.1. The van der Waals surface area contributed by atoms with Crippen molar-refractivity contribution in [3.63, 3.8) is 0 Å². The van der Waals surface area contributed by atoms with Crippen LogP contribution in [0.2, 0.25) is 0 Å². The topological polar surface area (TPSA) is 49.6 Å². The van der Waals surface area contributed by atoms with E-state index in [1.54, 1.807) is 29.4 Å². The first kappa shape index (κ1) is 15.6. The van der Waals surface area contributed by atoms with Crippen LogP contribution in [0.1, 0.15) is 28.0 Å². The lowest BCUT2D eigenvalue weighted by molar-refractivity contribution is 0.915. The summed E-state index contributed by atoms with van der Waals surface area (Å²) >= 11 is 3.38. The van der Waals surface area contributed by atoms with Crippen LogP contribution in [-0.2, 0) is 19.3 Å². The number of benzene rings is 1. The smallest absolute Gasteiger partial charge is 0.128 e. The fourth-order valence-electron chi connectivity index (χ4n) is 3.18. The van der Waals surface area contributed by atoms with E-state index in [1.165, 1.54) is 33.4 Å². The van der Waals surface area contributed by atoms with Gasteiger partial charge in [0.25, 0.3) is 0 Å². The number of hydrogen-bond acceptors (Lipinski definition) is 5. The van der Waals surface area contributed by atoms with Crippen molar-refractivity contribution in [1.82, 2.24) is 9.97 Å². The zero-order valence-corrected chi connectivity index (χ0v) is 15.1. The summed E-state index contributed by atoms with van der Waals surface area (Å²) in [5.41, 5.74) is 3.86. The van der Waals surface area contributed by atoms with Crippen LogP contribution in [0.25, 0.3) is 10.2 Å². The fraction of sp³-hybridized carbons (Fsp3) is 0.316. The highest BCUT2D eigenvalue weighted by Gasteiger charge is 2.23. The molecule has 2 heterocycles. The molecule has 1 aromatic carbocycles. The van der Waals surface area contributed by atoms with E-state index >= 15 is 0 Å². The van der Waals surface area contributed by atoms with Gasteiger partial charge in [0.2, 0.25) is 0 Å². The zero-order valence-electron chi connectivity index (χ0n) is 13.5. The summed E-state index contributed by atoms with van der Waals surface area (Å²) in [5.74, 6) is 0. The van der Waals surface area contributed by atoms with Crippen LogP contribution in [0.4, 0.5) is 0 Å². The van der Waals surface area contributed by atoms with Crippen LogP contribution >= 0.6 is 23.1 Å². The Balaban J connectivity index is 1.63. The summed E-state index contributed by atoms with van der Waals surface area (Å²) in [4.78, 5) is 11.5. The Bertz CT molecular complexity index is 922. The van der Waals surface area contributed by atoms with Gasteiger partial charge in [0.1, 0.15) is 21.4 Å². The standard InChI is InChI=1S/C19H17N3S2/c1-12-5-7-13(8-6-12)9-14(10-20)23-18-17-15-3-2-4-16(15)24-19(17)22-11-21-18/h5-8,11,14H,2-4,9H2,1H3/t14-/m0/s1. The molecular weight excluding hydrogens is 334 g/mol. The van der Waals surface area contributed by atoms with Gasteiger partial charge in [-0.25, -0.2) is 9.97 Å². The van der Waals surface area contributed by atoms with Crippen molar-refractivity contribution in [3.8, 4) is 6.07 Å². The normalized spacial score (nSPS) is 14.5. The van der Waals surface area contributed by atoms with Crippen LogP contribution in [0.5, 0.6) is 0 Å². The molecule has 0 aliphatic heterocycles. The maximum absolute atomic E-state index is 9.61. The molecule has 0 amide bonds. The molecule has 5 heteroatoms. The van der Waals surface area contributed by atoms with E-state index in [2.05, 4.69) is 47.2 Å². The maximum atomic E-state index is 9.61. The van der Waals surface area contributed by atoms with Gasteiger partial charge in [-0.3, -0.25) is 0 Å². The van der Waals surface area contributed by atoms with Gasteiger partial charge in [-0.2, -0.15) is 5.26 Å². The van der Waals surface area contributed by atoms with Gasteiger partial charge < -0.3 is 0 Å². The molecule has 1 atom stereocenters. The molecule has 3 aromatic rings. The molecule has 0 fully saturated rings. The number of thioether (sulfide) groups is 1. The second-order valence-electron chi connectivity index (χ2n) is 6.14. The third-order valence-electron chi connectivity index (χ3n) is 4.41. The minimum absolute atomic E-state index is 0.136. The van der Waals surface area contributed by atoms with Gasteiger partial charge in [0, 0.05) is 10.3 Å². The molecular formula is C19H17N3S2. The quantitative estimate of drug-likeness (QED) is 0.504.